The molecule has 0 aliphatic rings. The van der Waals surface area contributed by atoms with Crippen LogP contribution in [0.1, 0.15) is 26.7 Å². The van der Waals surface area contributed by atoms with E-state index in [1.54, 1.807) is 0 Å². The van der Waals surface area contributed by atoms with Crippen molar-refractivity contribution in [1.82, 2.24) is 9.80 Å². The Morgan fingerprint density at radius 2 is 1.81 bits per heavy atom. The summed E-state index contributed by atoms with van der Waals surface area (Å²) in [5, 5.41) is 0. The van der Waals surface area contributed by atoms with Crippen molar-refractivity contribution >= 4 is 5.97 Å². The summed E-state index contributed by atoms with van der Waals surface area (Å²) in [5.74, 6) is -0.124. The van der Waals surface area contributed by atoms with Crippen LogP contribution in [-0.4, -0.2) is 62.7 Å². The van der Waals surface area contributed by atoms with Gasteiger partial charge in [-0.05, 0) is 54.5 Å². The lowest BCUT2D eigenvalue weighted by molar-refractivity contribution is -0.156. The molecule has 0 saturated carbocycles. The number of hydrogen-bond donors (Lipinski definition) is 0. The van der Waals surface area contributed by atoms with Gasteiger partial charge in [0.25, 0.3) is 0 Å². The predicted molar refractivity (Wildman–Crippen MR) is 66.5 cm³/mol. The Hall–Kier alpha value is -0.610. The van der Waals surface area contributed by atoms with Gasteiger partial charge >= 0.3 is 5.97 Å². The molecule has 0 aliphatic carbocycles. The molecule has 0 aliphatic heterocycles. The first-order valence-electron chi connectivity index (χ1n) is 5.84. The molecule has 4 heteroatoms. The van der Waals surface area contributed by atoms with E-state index in [0.717, 1.165) is 19.4 Å². The zero-order valence-electron chi connectivity index (χ0n) is 11.5. The maximum Gasteiger partial charge on any atom is 0.326 e. The van der Waals surface area contributed by atoms with Gasteiger partial charge in [-0.15, -0.1) is 0 Å². The smallest absolute Gasteiger partial charge is 0.326 e. The standard InChI is InChI=1S/C12H26N2O2/c1-7-10-16-11(15)12(2,14(5)6)8-9-13(3)4/h7-10H2,1-6H3. The fraction of sp³-hybridized carbons (Fsp3) is 0.917. The first kappa shape index (κ1) is 15.4. The van der Waals surface area contributed by atoms with Crippen molar-refractivity contribution in [3.63, 3.8) is 0 Å². The summed E-state index contributed by atoms with van der Waals surface area (Å²) in [4.78, 5) is 16.0. The summed E-state index contributed by atoms with van der Waals surface area (Å²) in [6, 6.07) is 0. The minimum absolute atomic E-state index is 0.124. The van der Waals surface area contributed by atoms with Gasteiger partial charge in [-0.3, -0.25) is 9.69 Å². The number of rotatable bonds is 7. The lowest BCUT2D eigenvalue weighted by Crippen LogP contribution is -2.51. The molecule has 0 heterocycles. The molecule has 0 amide bonds. The number of esters is 1. The van der Waals surface area contributed by atoms with Crippen LogP contribution in [0.2, 0.25) is 0 Å². The highest BCUT2D eigenvalue weighted by molar-refractivity contribution is 5.80. The highest BCUT2D eigenvalue weighted by Crippen LogP contribution is 2.19. The van der Waals surface area contributed by atoms with E-state index < -0.39 is 5.54 Å². The van der Waals surface area contributed by atoms with E-state index >= 15 is 0 Å². The van der Waals surface area contributed by atoms with Crippen LogP contribution in [0.3, 0.4) is 0 Å². The van der Waals surface area contributed by atoms with Crippen LogP contribution in [0, 0.1) is 0 Å². The largest absolute Gasteiger partial charge is 0.464 e. The third-order valence-corrected chi connectivity index (χ3v) is 2.91. The van der Waals surface area contributed by atoms with Crippen molar-refractivity contribution in [2.45, 2.75) is 32.2 Å². The molecular weight excluding hydrogens is 204 g/mol. The van der Waals surface area contributed by atoms with Gasteiger partial charge in [0, 0.05) is 0 Å². The van der Waals surface area contributed by atoms with E-state index in [2.05, 4.69) is 4.90 Å². The second kappa shape index (κ2) is 6.86. The minimum atomic E-state index is -0.528. The van der Waals surface area contributed by atoms with Gasteiger partial charge in [0.2, 0.25) is 0 Å². The number of hydrogen-bond acceptors (Lipinski definition) is 4. The van der Waals surface area contributed by atoms with E-state index in [4.69, 9.17) is 4.74 Å². The SMILES string of the molecule is CCCOC(=O)C(C)(CCN(C)C)N(C)C. The molecule has 16 heavy (non-hydrogen) atoms. The lowest BCUT2D eigenvalue weighted by Gasteiger charge is -2.34. The van der Waals surface area contributed by atoms with Crippen molar-refractivity contribution in [3.05, 3.63) is 0 Å². The molecule has 1 unspecified atom stereocenters. The third-order valence-electron chi connectivity index (χ3n) is 2.91. The molecule has 0 aromatic carbocycles. The highest BCUT2D eigenvalue weighted by atomic mass is 16.5. The third kappa shape index (κ3) is 4.49. The molecule has 0 saturated heterocycles. The van der Waals surface area contributed by atoms with Crippen molar-refractivity contribution in [2.24, 2.45) is 0 Å². The molecule has 0 rings (SSSR count). The second-order valence-corrected chi connectivity index (χ2v) is 4.86. The van der Waals surface area contributed by atoms with E-state index in [9.17, 15) is 4.79 Å². The van der Waals surface area contributed by atoms with Gasteiger partial charge < -0.3 is 9.64 Å². The zero-order valence-corrected chi connectivity index (χ0v) is 11.5. The van der Waals surface area contributed by atoms with Crippen LogP contribution in [0.4, 0.5) is 0 Å². The Bertz CT molecular complexity index is 217. The maximum atomic E-state index is 12.0. The predicted octanol–water partition coefficient (Wildman–Crippen LogP) is 1.21. The minimum Gasteiger partial charge on any atom is -0.464 e. The van der Waals surface area contributed by atoms with Gasteiger partial charge in [0.05, 0.1) is 6.61 Å². The Morgan fingerprint density at radius 1 is 1.25 bits per heavy atom. The summed E-state index contributed by atoms with van der Waals surface area (Å²) < 4.78 is 5.25. The second-order valence-electron chi connectivity index (χ2n) is 4.86. The van der Waals surface area contributed by atoms with Gasteiger partial charge in [0.15, 0.2) is 0 Å². The Morgan fingerprint density at radius 3 is 2.19 bits per heavy atom. The molecule has 0 radical (unpaired) electrons. The number of ether oxygens (including phenoxy) is 1. The van der Waals surface area contributed by atoms with E-state index in [1.807, 2.05) is 46.9 Å². The quantitative estimate of drug-likeness (QED) is 0.616. The molecule has 0 aromatic rings. The van der Waals surface area contributed by atoms with Gasteiger partial charge in [0.1, 0.15) is 5.54 Å². The Balaban J connectivity index is 4.48. The van der Waals surface area contributed by atoms with Gasteiger partial charge in [-0.25, -0.2) is 0 Å². The van der Waals surface area contributed by atoms with Gasteiger partial charge in [-0.1, -0.05) is 6.92 Å². The zero-order chi connectivity index (χ0) is 12.8. The topological polar surface area (TPSA) is 32.8 Å². The summed E-state index contributed by atoms with van der Waals surface area (Å²) in [6.07, 6.45) is 1.64. The summed E-state index contributed by atoms with van der Waals surface area (Å²) in [5.41, 5.74) is -0.528. The molecule has 96 valence electrons. The molecule has 0 fully saturated rings. The van der Waals surface area contributed by atoms with Crippen molar-refractivity contribution < 1.29 is 9.53 Å². The number of carbonyl (C=O) groups is 1. The lowest BCUT2D eigenvalue weighted by atomic mass is 9.96. The highest BCUT2D eigenvalue weighted by Gasteiger charge is 2.36. The van der Waals surface area contributed by atoms with E-state index in [1.165, 1.54) is 0 Å². The van der Waals surface area contributed by atoms with Crippen molar-refractivity contribution in [1.29, 1.82) is 0 Å². The van der Waals surface area contributed by atoms with E-state index in [0.29, 0.717) is 6.61 Å². The van der Waals surface area contributed by atoms with Crippen LogP contribution in [0.25, 0.3) is 0 Å². The summed E-state index contributed by atoms with van der Waals surface area (Å²) in [6.45, 7) is 5.31. The van der Waals surface area contributed by atoms with Crippen LogP contribution in [-0.2, 0) is 9.53 Å². The fourth-order valence-electron chi connectivity index (χ4n) is 1.30. The summed E-state index contributed by atoms with van der Waals surface area (Å²) >= 11 is 0. The fourth-order valence-corrected chi connectivity index (χ4v) is 1.30. The van der Waals surface area contributed by atoms with Crippen molar-refractivity contribution in [3.8, 4) is 0 Å². The molecular formula is C12H26N2O2. The molecule has 0 spiro atoms. The molecule has 0 N–H and O–H groups in total. The van der Waals surface area contributed by atoms with E-state index in [-0.39, 0.29) is 5.97 Å². The molecule has 4 nitrogen and oxygen atoms in total. The van der Waals surface area contributed by atoms with Crippen LogP contribution in [0.5, 0.6) is 0 Å². The normalized spacial score (nSPS) is 15.2. The average molecular weight is 230 g/mol. The Kier molecular flexibility index (Phi) is 6.60. The number of likely N-dealkylation sites (N-methyl/N-ethyl adjacent to an activating group) is 1. The molecule has 0 aromatic heterocycles. The molecule has 1 atom stereocenters. The van der Waals surface area contributed by atoms with Crippen LogP contribution in [0.15, 0.2) is 0 Å². The first-order valence-corrected chi connectivity index (χ1v) is 5.84. The average Bonchev–Trinajstić information content (AvgIpc) is 2.21. The van der Waals surface area contributed by atoms with Crippen LogP contribution >= 0.6 is 0 Å². The van der Waals surface area contributed by atoms with Crippen molar-refractivity contribution in [2.75, 3.05) is 41.3 Å². The maximum absolute atomic E-state index is 12.0. The monoisotopic (exact) mass is 230 g/mol. The van der Waals surface area contributed by atoms with Crippen LogP contribution < -0.4 is 0 Å². The number of nitrogens with zero attached hydrogens (tertiary/aromatic N) is 2. The number of carbonyl (C=O) groups excluding carboxylic acids is 1. The first-order chi connectivity index (χ1) is 7.34. The molecule has 0 bridgehead atoms. The van der Waals surface area contributed by atoms with Gasteiger partial charge in [-0.2, -0.15) is 0 Å². The summed E-state index contributed by atoms with van der Waals surface area (Å²) in [7, 11) is 7.85. The Labute approximate surface area is 99.5 Å².